The molecule has 1 aliphatic heterocycles. The summed E-state index contributed by atoms with van der Waals surface area (Å²) in [5.74, 6) is 0.446. The minimum atomic E-state index is -0.340. The first-order valence-corrected chi connectivity index (χ1v) is 10.3. The van der Waals surface area contributed by atoms with E-state index in [-0.39, 0.29) is 18.1 Å². The number of rotatable bonds is 7. The van der Waals surface area contributed by atoms with Gasteiger partial charge in [0.15, 0.2) is 0 Å². The van der Waals surface area contributed by atoms with Gasteiger partial charge in [0.25, 0.3) is 5.56 Å². The van der Waals surface area contributed by atoms with Crippen molar-refractivity contribution in [2.24, 2.45) is 0 Å². The number of ether oxygens (including phenoxy) is 2. The third kappa shape index (κ3) is 3.03. The van der Waals surface area contributed by atoms with Gasteiger partial charge in [-0.05, 0) is 48.2 Å². The summed E-state index contributed by atoms with van der Waals surface area (Å²) in [6, 6.07) is 7.82. The number of aryl methyl sites for hydroxylation is 1. The number of hydrogen-bond acceptors (Lipinski definition) is 5. The molecule has 0 spiro atoms. The second kappa shape index (κ2) is 8.03. The largest absolute Gasteiger partial charge is 0.497 e. The average Bonchev–Trinajstić information content (AvgIpc) is 3.13. The second-order valence-electron chi connectivity index (χ2n) is 7.59. The molecule has 0 N–H and O–H groups in total. The number of aldehydes is 1. The Labute approximate surface area is 175 Å². The number of methoxy groups -OCH3 is 2. The lowest BCUT2D eigenvalue weighted by Crippen LogP contribution is -2.26. The van der Waals surface area contributed by atoms with E-state index in [1.807, 2.05) is 31.2 Å². The number of pyridine rings is 2. The van der Waals surface area contributed by atoms with Crippen LogP contribution in [0.5, 0.6) is 5.75 Å². The van der Waals surface area contributed by atoms with Crippen molar-refractivity contribution in [1.82, 2.24) is 9.55 Å². The molecule has 6 heteroatoms. The van der Waals surface area contributed by atoms with Crippen LogP contribution in [0.2, 0.25) is 0 Å². The van der Waals surface area contributed by atoms with E-state index < -0.39 is 0 Å². The molecule has 6 nitrogen and oxygen atoms in total. The molecule has 0 aliphatic carbocycles. The van der Waals surface area contributed by atoms with Crippen LogP contribution in [0.4, 0.5) is 0 Å². The van der Waals surface area contributed by atoms with Gasteiger partial charge in [-0.3, -0.25) is 4.79 Å². The molecular weight excluding hydrogens is 380 g/mol. The van der Waals surface area contributed by atoms with Gasteiger partial charge >= 0.3 is 0 Å². The molecule has 3 heterocycles. The first-order chi connectivity index (χ1) is 14.6. The molecule has 156 valence electrons. The lowest BCUT2D eigenvalue weighted by Gasteiger charge is -2.16. The average molecular weight is 406 g/mol. The van der Waals surface area contributed by atoms with Gasteiger partial charge in [-0.2, -0.15) is 0 Å². The van der Waals surface area contributed by atoms with Gasteiger partial charge in [0.2, 0.25) is 0 Å². The van der Waals surface area contributed by atoms with E-state index in [9.17, 15) is 9.59 Å². The van der Waals surface area contributed by atoms with E-state index in [4.69, 9.17) is 14.5 Å². The fraction of sp³-hybridized carbons (Fsp3) is 0.375. The van der Waals surface area contributed by atoms with Crippen molar-refractivity contribution in [3.63, 3.8) is 0 Å². The zero-order chi connectivity index (χ0) is 21.4. The van der Waals surface area contributed by atoms with Crippen molar-refractivity contribution in [3.05, 3.63) is 56.9 Å². The third-order valence-corrected chi connectivity index (χ3v) is 6.05. The lowest BCUT2D eigenvalue weighted by molar-refractivity contribution is -0.109. The molecule has 4 rings (SSSR count). The van der Waals surface area contributed by atoms with Crippen LogP contribution >= 0.6 is 0 Å². The number of carbonyl (C=O) groups is 1. The maximum Gasteiger partial charge on any atom is 0.257 e. The van der Waals surface area contributed by atoms with Gasteiger partial charge in [0, 0.05) is 29.5 Å². The van der Waals surface area contributed by atoms with Crippen molar-refractivity contribution >= 4 is 17.2 Å². The van der Waals surface area contributed by atoms with Crippen LogP contribution in [0.3, 0.4) is 0 Å². The Bertz CT molecular complexity index is 1200. The minimum absolute atomic E-state index is 0.105. The Hall–Kier alpha value is -2.99. The molecule has 2 aromatic heterocycles. The number of benzene rings is 1. The Kier molecular flexibility index (Phi) is 5.43. The maximum atomic E-state index is 13.4. The van der Waals surface area contributed by atoms with Crippen LogP contribution in [-0.4, -0.2) is 30.1 Å². The van der Waals surface area contributed by atoms with Crippen molar-refractivity contribution in [2.45, 2.75) is 45.8 Å². The second-order valence-corrected chi connectivity index (χ2v) is 7.59. The molecule has 0 saturated carbocycles. The number of carbonyl (C=O) groups excluding carboxylic acids is 1. The number of fused-ring (bicyclic) bond motifs is 4. The SMILES string of the molecule is CCc1c2c(nc3ccc(OC)cc13)-c1cc(C(C=O)CC)c(COC)c(=O)n1C2. The highest BCUT2D eigenvalue weighted by molar-refractivity contribution is 5.89. The molecule has 0 radical (unpaired) electrons. The molecule has 0 bridgehead atoms. The van der Waals surface area contributed by atoms with E-state index >= 15 is 0 Å². The maximum absolute atomic E-state index is 13.4. The summed E-state index contributed by atoms with van der Waals surface area (Å²) in [4.78, 5) is 30.0. The quantitative estimate of drug-likeness (QED) is 0.436. The van der Waals surface area contributed by atoms with Gasteiger partial charge in [-0.25, -0.2) is 4.98 Å². The number of nitrogens with zero attached hydrogens (tertiary/aromatic N) is 2. The molecule has 3 aromatic rings. The standard InChI is InChI=1S/C24H26N2O4/c1-5-14(12-27)17-10-22-23-19(11-26(22)24(28)20(17)13-29-3)16(6-2)18-9-15(30-4)7-8-21(18)25-23/h7-10,12,14H,5-6,11,13H2,1-4H3. The molecule has 1 aliphatic rings. The summed E-state index contributed by atoms with van der Waals surface area (Å²) in [5.41, 5.74) is 5.91. The van der Waals surface area contributed by atoms with Crippen LogP contribution in [0, 0.1) is 0 Å². The topological polar surface area (TPSA) is 70.4 Å². The van der Waals surface area contributed by atoms with E-state index in [2.05, 4.69) is 6.92 Å². The van der Waals surface area contributed by atoms with Crippen molar-refractivity contribution in [3.8, 4) is 17.1 Å². The fourth-order valence-electron chi connectivity index (χ4n) is 4.49. The molecule has 1 atom stereocenters. The molecule has 0 amide bonds. The highest BCUT2D eigenvalue weighted by Gasteiger charge is 2.29. The van der Waals surface area contributed by atoms with Crippen LogP contribution in [0.25, 0.3) is 22.3 Å². The number of aromatic nitrogens is 2. The third-order valence-electron chi connectivity index (χ3n) is 6.05. The first-order valence-electron chi connectivity index (χ1n) is 10.3. The fourth-order valence-corrected chi connectivity index (χ4v) is 4.49. The van der Waals surface area contributed by atoms with Gasteiger partial charge in [0.05, 0.1) is 37.2 Å². The monoisotopic (exact) mass is 406 g/mol. The normalized spacial score (nSPS) is 13.2. The van der Waals surface area contributed by atoms with Gasteiger partial charge in [-0.15, -0.1) is 0 Å². The summed E-state index contributed by atoms with van der Waals surface area (Å²) in [6.45, 7) is 4.72. The molecule has 1 aromatic carbocycles. The van der Waals surface area contributed by atoms with Crippen LogP contribution in [0.1, 0.15) is 48.4 Å². The van der Waals surface area contributed by atoms with Crippen LogP contribution in [-0.2, 0) is 29.1 Å². The van der Waals surface area contributed by atoms with Gasteiger partial charge in [0.1, 0.15) is 12.0 Å². The molecule has 30 heavy (non-hydrogen) atoms. The van der Waals surface area contributed by atoms with Gasteiger partial charge in [-0.1, -0.05) is 13.8 Å². The Morgan fingerprint density at radius 2 is 2.00 bits per heavy atom. The molecule has 1 unspecified atom stereocenters. The summed E-state index contributed by atoms with van der Waals surface area (Å²) in [6.07, 6.45) is 2.36. The summed E-state index contributed by atoms with van der Waals surface area (Å²) >= 11 is 0. The van der Waals surface area contributed by atoms with Crippen molar-refractivity contribution < 1.29 is 14.3 Å². The molecule has 0 saturated heterocycles. The highest BCUT2D eigenvalue weighted by Crippen LogP contribution is 2.38. The van der Waals surface area contributed by atoms with Crippen molar-refractivity contribution in [1.29, 1.82) is 0 Å². The molecule has 0 fully saturated rings. The van der Waals surface area contributed by atoms with Crippen LogP contribution in [0.15, 0.2) is 29.1 Å². The highest BCUT2D eigenvalue weighted by atomic mass is 16.5. The van der Waals surface area contributed by atoms with Crippen LogP contribution < -0.4 is 10.3 Å². The number of hydrogen-bond donors (Lipinski definition) is 0. The van der Waals surface area contributed by atoms with E-state index in [1.54, 1.807) is 18.8 Å². The lowest BCUT2D eigenvalue weighted by atomic mass is 9.93. The Morgan fingerprint density at radius 3 is 2.63 bits per heavy atom. The van der Waals surface area contributed by atoms with Gasteiger partial charge < -0.3 is 18.8 Å². The molecular formula is C24H26N2O4. The predicted octanol–water partition coefficient (Wildman–Crippen LogP) is 3.84. The van der Waals surface area contributed by atoms with E-state index in [0.29, 0.717) is 18.5 Å². The van der Waals surface area contributed by atoms with E-state index in [1.165, 1.54) is 5.56 Å². The summed E-state index contributed by atoms with van der Waals surface area (Å²) < 4.78 is 12.5. The zero-order valence-electron chi connectivity index (χ0n) is 17.8. The summed E-state index contributed by atoms with van der Waals surface area (Å²) in [5, 5.41) is 1.05. The smallest absolute Gasteiger partial charge is 0.257 e. The minimum Gasteiger partial charge on any atom is -0.497 e. The zero-order valence-corrected chi connectivity index (χ0v) is 17.8. The van der Waals surface area contributed by atoms with Crippen molar-refractivity contribution in [2.75, 3.05) is 14.2 Å². The van der Waals surface area contributed by atoms with E-state index in [0.717, 1.165) is 51.9 Å². The predicted molar refractivity (Wildman–Crippen MR) is 116 cm³/mol. The first kappa shape index (κ1) is 20.3. The Balaban J connectivity index is 2.02. The summed E-state index contributed by atoms with van der Waals surface area (Å²) in [7, 11) is 3.22. The Morgan fingerprint density at radius 1 is 1.20 bits per heavy atom.